The number of aliphatic hydroxyl groups is 1. The number of rotatable bonds is 2. The van der Waals surface area contributed by atoms with Gasteiger partial charge in [0.15, 0.2) is 0 Å². The molecule has 1 fully saturated rings. The first-order chi connectivity index (χ1) is 8.77. The highest BCUT2D eigenvalue weighted by Crippen LogP contribution is 2.43. The van der Waals surface area contributed by atoms with Crippen LogP contribution in [0.2, 0.25) is 0 Å². The summed E-state index contributed by atoms with van der Waals surface area (Å²) in [5.74, 6) is 0. The van der Waals surface area contributed by atoms with Crippen LogP contribution in [0.15, 0.2) is 30.3 Å². The standard InChI is InChI=1S/C15H21NO3/c1-14(2)10-16(13(18)19)15(3,12(14)17)9-11-7-5-4-6-8-11/h4-8,12,17H,9-10H2,1-3H3,(H,18,19). The Kier molecular flexibility index (Phi) is 3.31. The molecule has 0 spiro atoms. The number of carboxylic acid groups (broad SMARTS) is 1. The lowest BCUT2D eigenvalue weighted by Crippen LogP contribution is -2.52. The van der Waals surface area contributed by atoms with Gasteiger partial charge in [0.2, 0.25) is 0 Å². The normalized spacial score (nSPS) is 29.5. The lowest BCUT2D eigenvalue weighted by molar-refractivity contribution is 0.0124. The van der Waals surface area contributed by atoms with E-state index in [1.807, 2.05) is 51.1 Å². The second kappa shape index (κ2) is 4.53. The van der Waals surface area contributed by atoms with Crippen LogP contribution in [0.4, 0.5) is 4.79 Å². The number of likely N-dealkylation sites (tertiary alicyclic amines) is 1. The number of aliphatic hydroxyl groups excluding tert-OH is 1. The van der Waals surface area contributed by atoms with Gasteiger partial charge >= 0.3 is 6.09 Å². The summed E-state index contributed by atoms with van der Waals surface area (Å²) in [7, 11) is 0. The Morgan fingerprint density at radius 2 is 1.89 bits per heavy atom. The summed E-state index contributed by atoms with van der Waals surface area (Å²) >= 11 is 0. The fourth-order valence-electron chi connectivity index (χ4n) is 3.15. The molecule has 19 heavy (non-hydrogen) atoms. The molecule has 2 unspecified atom stereocenters. The van der Waals surface area contributed by atoms with Crippen molar-refractivity contribution in [1.29, 1.82) is 0 Å². The molecule has 0 bridgehead atoms. The van der Waals surface area contributed by atoms with Crippen LogP contribution in [0.5, 0.6) is 0 Å². The van der Waals surface area contributed by atoms with Crippen LogP contribution >= 0.6 is 0 Å². The molecular formula is C15H21NO3. The van der Waals surface area contributed by atoms with Crippen molar-refractivity contribution in [2.45, 2.75) is 38.8 Å². The Bertz CT molecular complexity index is 472. The summed E-state index contributed by atoms with van der Waals surface area (Å²) in [4.78, 5) is 12.8. The van der Waals surface area contributed by atoms with E-state index in [-0.39, 0.29) is 0 Å². The summed E-state index contributed by atoms with van der Waals surface area (Å²) in [6.45, 7) is 5.99. The Labute approximate surface area is 113 Å². The van der Waals surface area contributed by atoms with Crippen molar-refractivity contribution >= 4 is 6.09 Å². The smallest absolute Gasteiger partial charge is 0.407 e. The number of amides is 1. The Balaban J connectivity index is 2.35. The topological polar surface area (TPSA) is 60.8 Å². The van der Waals surface area contributed by atoms with Crippen molar-refractivity contribution in [1.82, 2.24) is 4.90 Å². The Hall–Kier alpha value is -1.55. The number of hydrogen-bond donors (Lipinski definition) is 2. The molecule has 4 nitrogen and oxygen atoms in total. The number of nitrogens with zero attached hydrogens (tertiary/aromatic N) is 1. The van der Waals surface area contributed by atoms with Gasteiger partial charge in [-0.05, 0) is 18.9 Å². The first-order valence-electron chi connectivity index (χ1n) is 6.50. The zero-order valence-electron chi connectivity index (χ0n) is 11.6. The lowest BCUT2D eigenvalue weighted by atomic mass is 9.78. The summed E-state index contributed by atoms with van der Waals surface area (Å²) < 4.78 is 0. The minimum Gasteiger partial charge on any atom is -0.465 e. The van der Waals surface area contributed by atoms with Crippen molar-refractivity contribution in [3.05, 3.63) is 35.9 Å². The van der Waals surface area contributed by atoms with Crippen LogP contribution in [0.1, 0.15) is 26.3 Å². The molecule has 1 aromatic carbocycles. The van der Waals surface area contributed by atoms with Crippen LogP contribution in [0, 0.1) is 5.41 Å². The molecule has 1 heterocycles. The highest BCUT2D eigenvalue weighted by Gasteiger charge is 2.55. The van der Waals surface area contributed by atoms with Gasteiger partial charge in [0.05, 0.1) is 11.6 Å². The maximum atomic E-state index is 11.5. The Morgan fingerprint density at radius 1 is 1.32 bits per heavy atom. The fourth-order valence-corrected chi connectivity index (χ4v) is 3.15. The van der Waals surface area contributed by atoms with Gasteiger partial charge in [-0.1, -0.05) is 44.2 Å². The van der Waals surface area contributed by atoms with Gasteiger partial charge in [-0.2, -0.15) is 0 Å². The second-order valence-corrected chi connectivity index (χ2v) is 6.28. The van der Waals surface area contributed by atoms with Crippen LogP contribution in [-0.4, -0.2) is 39.4 Å². The van der Waals surface area contributed by atoms with Crippen LogP contribution in [-0.2, 0) is 6.42 Å². The molecule has 0 aliphatic carbocycles. The molecule has 2 atom stereocenters. The summed E-state index contributed by atoms with van der Waals surface area (Å²) in [6, 6.07) is 9.70. The predicted molar refractivity (Wildman–Crippen MR) is 73.1 cm³/mol. The van der Waals surface area contributed by atoms with Gasteiger partial charge in [0.25, 0.3) is 0 Å². The SMILES string of the molecule is CC1(C)CN(C(=O)O)C(C)(Cc2ccccc2)C1O. The zero-order chi connectivity index (χ0) is 14.3. The van der Waals surface area contributed by atoms with Crippen molar-refractivity contribution in [2.24, 2.45) is 5.41 Å². The van der Waals surface area contributed by atoms with Crippen molar-refractivity contribution < 1.29 is 15.0 Å². The third kappa shape index (κ3) is 2.32. The molecule has 2 N–H and O–H groups in total. The molecule has 1 aliphatic heterocycles. The Morgan fingerprint density at radius 3 is 2.42 bits per heavy atom. The fraction of sp³-hybridized carbons (Fsp3) is 0.533. The van der Waals surface area contributed by atoms with Gasteiger partial charge in [-0.3, -0.25) is 4.90 Å². The highest BCUT2D eigenvalue weighted by atomic mass is 16.4. The molecule has 4 heteroatoms. The van der Waals surface area contributed by atoms with Gasteiger partial charge in [-0.25, -0.2) is 4.79 Å². The molecule has 1 aliphatic rings. The highest BCUT2D eigenvalue weighted by molar-refractivity contribution is 5.67. The number of carbonyl (C=O) groups is 1. The average molecular weight is 263 g/mol. The minimum atomic E-state index is -0.969. The molecule has 2 rings (SSSR count). The predicted octanol–water partition coefficient (Wildman–Crippen LogP) is 2.37. The molecule has 0 aromatic heterocycles. The number of hydrogen-bond acceptors (Lipinski definition) is 2. The average Bonchev–Trinajstić information content (AvgIpc) is 2.52. The van der Waals surface area contributed by atoms with Crippen molar-refractivity contribution in [3.63, 3.8) is 0 Å². The molecule has 1 saturated heterocycles. The summed E-state index contributed by atoms with van der Waals surface area (Å²) in [5.41, 5.74) is -0.175. The molecule has 104 valence electrons. The first kappa shape index (κ1) is 13.9. The van der Waals surface area contributed by atoms with Crippen molar-refractivity contribution in [2.75, 3.05) is 6.54 Å². The number of benzene rings is 1. The molecular weight excluding hydrogens is 242 g/mol. The van der Waals surface area contributed by atoms with Gasteiger partial charge in [-0.15, -0.1) is 0 Å². The molecule has 0 radical (unpaired) electrons. The maximum absolute atomic E-state index is 11.5. The third-order valence-corrected chi connectivity index (χ3v) is 4.15. The lowest BCUT2D eigenvalue weighted by Gasteiger charge is -2.36. The minimum absolute atomic E-state index is 0.354. The van der Waals surface area contributed by atoms with E-state index >= 15 is 0 Å². The first-order valence-corrected chi connectivity index (χ1v) is 6.50. The van der Waals surface area contributed by atoms with Gasteiger partial charge in [0, 0.05) is 12.0 Å². The summed E-state index contributed by atoms with van der Waals surface area (Å²) in [6.07, 6.45) is -1.13. The van der Waals surface area contributed by atoms with Gasteiger partial charge < -0.3 is 10.2 Å². The van der Waals surface area contributed by atoms with E-state index in [2.05, 4.69) is 0 Å². The molecule has 1 aromatic rings. The van der Waals surface area contributed by atoms with Crippen LogP contribution in [0.25, 0.3) is 0 Å². The van der Waals surface area contributed by atoms with E-state index in [4.69, 9.17) is 0 Å². The van der Waals surface area contributed by atoms with Crippen LogP contribution < -0.4 is 0 Å². The van der Waals surface area contributed by atoms with E-state index in [9.17, 15) is 15.0 Å². The molecule has 0 saturated carbocycles. The van der Waals surface area contributed by atoms with E-state index in [0.717, 1.165) is 5.56 Å². The van der Waals surface area contributed by atoms with Crippen LogP contribution in [0.3, 0.4) is 0 Å². The molecule has 1 amide bonds. The largest absolute Gasteiger partial charge is 0.465 e. The monoisotopic (exact) mass is 263 g/mol. The van der Waals surface area contributed by atoms with E-state index in [1.54, 1.807) is 0 Å². The zero-order valence-corrected chi connectivity index (χ0v) is 11.6. The van der Waals surface area contributed by atoms with Crippen molar-refractivity contribution in [3.8, 4) is 0 Å². The second-order valence-electron chi connectivity index (χ2n) is 6.28. The van der Waals surface area contributed by atoms with E-state index < -0.39 is 23.2 Å². The van der Waals surface area contributed by atoms with E-state index in [0.29, 0.717) is 13.0 Å². The third-order valence-electron chi connectivity index (χ3n) is 4.15. The quantitative estimate of drug-likeness (QED) is 0.861. The summed E-state index contributed by atoms with van der Waals surface area (Å²) in [5, 5.41) is 19.9. The maximum Gasteiger partial charge on any atom is 0.407 e. The van der Waals surface area contributed by atoms with E-state index in [1.165, 1.54) is 4.90 Å². The van der Waals surface area contributed by atoms with Gasteiger partial charge in [0.1, 0.15) is 0 Å².